The SMILES string of the molecule is O=C(COc1c(F)c(F)cc(F)c1F)c1cccc(Br)c1. The van der Waals surface area contributed by atoms with E-state index >= 15 is 0 Å². The highest BCUT2D eigenvalue weighted by Gasteiger charge is 2.21. The van der Waals surface area contributed by atoms with E-state index in [9.17, 15) is 22.4 Å². The van der Waals surface area contributed by atoms with Crippen molar-refractivity contribution in [2.75, 3.05) is 6.61 Å². The smallest absolute Gasteiger partial charge is 0.203 e. The molecule has 0 bridgehead atoms. The predicted molar refractivity (Wildman–Crippen MR) is 70.2 cm³/mol. The Labute approximate surface area is 125 Å². The van der Waals surface area contributed by atoms with Crippen LogP contribution in [0.3, 0.4) is 0 Å². The van der Waals surface area contributed by atoms with Gasteiger partial charge in [-0.05, 0) is 12.1 Å². The monoisotopic (exact) mass is 362 g/mol. The van der Waals surface area contributed by atoms with Gasteiger partial charge in [0, 0.05) is 16.1 Å². The molecule has 110 valence electrons. The fourth-order valence-electron chi connectivity index (χ4n) is 1.56. The van der Waals surface area contributed by atoms with Crippen molar-refractivity contribution in [3.63, 3.8) is 0 Å². The number of hydrogen-bond donors (Lipinski definition) is 0. The van der Waals surface area contributed by atoms with Crippen LogP contribution < -0.4 is 4.74 Å². The Balaban J connectivity index is 2.19. The second-order valence-electron chi connectivity index (χ2n) is 4.02. The zero-order chi connectivity index (χ0) is 15.6. The largest absolute Gasteiger partial charge is 0.479 e. The minimum absolute atomic E-state index is 0.0632. The lowest BCUT2D eigenvalue weighted by atomic mass is 10.1. The number of carbonyl (C=O) groups is 1. The molecule has 0 radical (unpaired) electrons. The van der Waals surface area contributed by atoms with Crippen LogP contribution in [-0.2, 0) is 0 Å². The van der Waals surface area contributed by atoms with Gasteiger partial charge in [0.25, 0.3) is 0 Å². The third-order valence-corrected chi connectivity index (χ3v) is 3.06. The number of hydrogen-bond acceptors (Lipinski definition) is 2. The van der Waals surface area contributed by atoms with Crippen molar-refractivity contribution < 1.29 is 27.1 Å². The summed E-state index contributed by atoms with van der Waals surface area (Å²) in [4.78, 5) is 11.8. The van der Waals surface area contributed by atoms with Gasteiger partial charge in [0.2, 0.25) is 11.6 Å². The molecule has 0 aliphatic carbocycles. The van der Waals surface area contributed by atoms with Crippen molar-refractivity contribution in [3.05, 3.63) is 63.6 Å². The van der Waals surface area contributed by atoms with Crippen LogP contribution in [0.1, 0.15) is 10.4 Å². The predicted octanol–water partition coefficient (Wildman–Crippen LogP) is 4.27. The van der Waals surface area contributed by atoms with Gasteiger partial charge in [0.1, 0.15) is 0 Å². The van der Waals surface area contributed by atoms with Crippen LogP contribution in [0.15, 0.2) is 34.8 Å². The molecular formula is C14H7BrF4O2. The molecule has 2 rings (SSSR count). The maximum atomic E-state index is 13.3. The lowest BCUT2D eigenvalue weighted by Crippen LogP contribution is -2.14. The van der Waals surface area contributed by atoms with Crippen molar-refractivity contribution in [2.24, 2.45) is 0 Å². The molecule has 0 aliphatic rings. The van der Waals surface area contributed by atoms with E-state index in [1.807, 2.05) is 0 Å². The fourth-order valence-corrected chi connectivity index (χ4v) is 1.96. The van der Waals surface area contributed by atoms with Crippen molar-refractivity contribution in [2.45, 2.75) is 0 Å². The Morgan fingerprint density at radius 3 is 2.24 bits per heavy atom. The van der Waals surface area contributed by atoms with E-state index in [0.29, 0.717) is 4.47 Å². The average molecular weight is 363 g/mol. The zero-order valence-electron chi connectivity index (χ0n) is 10.3. The van der Waals surface area contributed by atoms with Crippen molar-refractivity contribution in [3.8, 4) is 5.75 Å². The first kappa shape index (κ1) is 15.5. The van der Waals surface area contributed by atoms with E-state index in [4.69, 9.17) is 0 Å². The first-order chi connectivity index (χ1) is 9.90. The summed E-state index contributed by atoms with van der Waals surface area (Å²) in [5.41, 5.74) is 0.224. The van der Waals surface area contributed by atoms with E-state index in [2.05, 4.69) is 20.7 Å². The van der Waals surface area contributed by atoms with Gasteiger partial charge in [0.05, 0.1) is 0 Å². The first-order valence-corrected chi connectivity index (χ1v) is 6.44. The third-order valence-electron chi connectivity index (χ3n) is 2.57. The van der Waals surface area contributed by atoms with Crippen LogP contribution in [-0.4, -0.2) is 12.4 Å². The lowest BCUT2D eigenvalue weighted by molar-refractivity contribution is 0.0913. The molecular weight excluding hydrogens is 356 g/mol. The summed E-state index contributed by atoms with van der Waals surface area (Å²) in [6, 6.07) is 6.27. The first-order valence-electron chi connectivity index (χ1n) is 5.64. The summed E-state index contributed by atoms with van der Waals surface area (Å²) >= 11 is 3.16. The molecule has 0 fully saturated rings. The maximum absolute atomic E-state index is 13.3. The standard InChI is InChI=1S/C14H7BrF4O2/c15-8-3-1-2-7(4-8)11(20)6-21-14-12(18)9(16)5-10(17)13(14)19/h1-5H,6H2. The summed E-state index contributed by atoms with van der Waals surface area (Å²) in [6.45, 7) is -0.757. The van der Waals surface area contributed by atoms with Crippen LogP contribution >= 0.6 is 15.9 Å². The molecule has 0 N–H and O–H groups in total. The molecule has 0 saturated carbocycles. The molecule has 0 aliphatic heterocycles. The number of ketones is 1. The zero-order valence-corrected chi connectivity index (χ0v) is 11.9. The summed E-state index contributed by atoms with van der Waals surface area (Å²) in [5, 5.41) is 0. The second kappa shape index (κ2) is 6.26. The average Bonchev–Trinajstić information content (AvgIpc) is 2.45. The van der Waals surface area contributed by atoms with Crippen LogP contribution in [0.5, 0.6) is 5.75 Å². The van der Waals surface area contributed by atoms with Gasteiger partial charge in [-0.15, -0.1) is 0 Å². The maximum Gasteiger partial charge on any atom is 0.203 e. The second-order valence-corrected chi connectivity index (χ2v) is 4.94. The lowest BCUT2D eigenvalue weighted by Gasteiger charge is -2.09. The number of carbonyl (C=O) groups excluding carboxylic acids is 1. The van der Waals surface area contributed by atoms with Gasteiger partial charge >= 0.3 is 0 Å². The van der Waals surface area contributed by atoms with E-state index in [1.54, 1.807) is 12.1 Å². The summed E-state index contributed by atoms with van der Waals surface area (Å²) in [5.74, 6) is -8.42. The molecule has 2 aromatic carbocycles. The van der Waals surface area contributed by atoms with Crippen LogP contribution in [0, 0.1) is 23.3 Å². The summed E-state index contributed by atoms with van der Waals surface area (Å²) in [6.07, 6.45) is 0. The Bertz CT molecular complexity index is 677. The number of ether oxygens (including phenoxy) is 1. The molecule has 2 nitrogen and oxygen atoms in total. The Kier molecular flexibility index (Phi) is 4.62. The molecule has 0 saturated heterocycles. The van der Waals surface area contributed by atoms with Crippen molar-refractivity contribution >= 4 is 21.7 Å². The van der Waals surface area contributed by atoms with Crippen LogP contribution in [0.4, 0.5) is 17.6 Å². The molecule has 0 amide bonds. The van der Waals surface area contributed by atoms with Crippen LogP contribution in [0.25, 0.3) is 0 Å². The molecule has 0 atom stereocenters. The topological polar surface area (TPSA) is 26.3 Å². The third kappa shape index (κ3) is 3.41. The molecule has 0 spiro atoms. The Morgan fingerprint density at radius 2 is 1.67 bits per heavy atom. The van der Waals surface area contributed by atoms with Gasteiger partial charge in [-0.25, -0.2) is 8.78 Å². The van der Waals surface area contributed by atoms with E-state index in [1.165, 1.54) is 12.1 Å². The number of halogens is 5. The minimum atomic E-state index is -1.68. The van der Waals surface area contributed by atoms with Crippen molar-refractivity contribution in [1.29, 1.82) is 0 Å². The molecule has 0 heterocycles. The summed E-state index contributed by atoms with van der Waals surface area (Å²) < 4.78 is 57.8. The normalized spacial score (nSPS) is 10.5. The van der Waals surface area contributed by atoms with Gasteiger partial charge in [-0.3, -0.25) is 4.79 Å². The number of benzene rings is 2. The highest BCUT2D eigenvalue weighted by Crippen LogP contribution is 2.26. The number of rotatable bonds is 4. The molecule has 21 heavy (non-hydrogen) atoms. The van der Waals surface area contributed by atoms with E-state index < -0.39 is 41.4 Å². The molecule has 0 aromatic heterocycles. The van der Waals surface area contributed by atoms with Gasteiger partial charge in [0.15, 0.2) is 29.8 Å². The van der Waals surface area contributed by atoms with E-state index in [-0.39, 0.29) is 11.6 Å². The highest BCUT2D eigenvalue weighted by molar-refractivity contribution is 9.10. The minimum Gasteiger partial charge on any atom is -0.479 e. The fraction of sp³-hybridized carbons (Fsp3) is 0.0714. The highest BCUT2D eigenvalue weighted by atomic mass is 79.9. The van der Waals surface area contributed by atoms with Crippen molar-refractivity contribution in [1.82, 2.24) is 0 Å². The van der Waals surface area contributed by atoms with Gasteiger partial charge in [-0.2, -0.15) is 8.78 Å². The summed E-state index contributed by atoms with van der Waals surface area (Å²) in [7, 11) is 0. The quantitative estimate of drug-likeness (QED) is 0.461. The van der Waals surface area contributed by atoms with E-state index in [0.717, 1.165) is 0 Å². The van der Waals surface area contributed by atoms with Crippen LogP contribution in [0.2, 0.25) is 0 Å². The molecule has 2 aromatic rings. The molecule has 7 heteroatoms. The Hall–Kier alpha value is -1.89. The van der Waals surface area contributed by atoms with Gasteiger partial charge < -0.3 is 4.74 Å². The molecule has 0 unspecified atom stereocenters. The van der Waals surface area contributed by atoms with Gasteiger partial charge in [-0.1, -0.05) is 28.1 Å². The Morgan fingerprint density at radius 1 is 1.05 bits per heavy atom. The number of Topliss-reactive ketones (excluding diaryl/α,β-unsaturated/α-hetero) is 1.